The van der Waals surface area contributed by atoms with Crippen LogP contribution in [-0.2, 0) is 27.3 Å². The fourth-order valence-electron chi connectivity index (χ4n) is 4.52. The van der Waals surface area contributed by atoms with Crippen LogP contribution in [0.5, 0.6) is 5.75 Å². The number of methoxy groups -OCH3 is 1. The summed E-state index contributed by atoms with van der Waals surface area (Å²) in [4.78, 5) is 30.9. The highest BCUT2D eigenvalue weighted by atomic mass is 16.5. The molecule has 7 nitrogen and oxygen atoms in total. The summed E-state index contributed by atoms with van der Waals surface area (Å²) in [7, 11) is 1.43. The average molecular weight is 402 g/mol. The molecule has 29 heavy (non-hydrogen) atoms. The molecule has 0 atom stereocenters. The lowest BCUT2D eigenvalue weighted by atomic mass is 9.97. The van der Waals surface area contributed by atoms with E-state index in [-0.39, 0.29) is 17.8 Å². The molecule has 0 bridgehead atoms. The van der Waals surface area contributed by atoms with E-state index in [9.17, 15) is 9.59 Å². The van der Waals surface area contributed by atoms with Gasteiger partial charge in [0.15, 0.2) is 0 Å². The molecule has 0 radical (unpaired) electrons. The smallest absolute Gasteiger partial charge is 0.308 e. The first kappa shape index (κ1) is 20.2. The van der Waals surface area contributed by atoms with E-state index in [0.717, 1.165) is 51.5 Å². The quantitative estimate of drug-likeness (QED) is 0.690. The van der Waals surface area contributed by atoms with Gasteiger partial charge in [0.2, 0.25) is 5.91 Å². The highest BCUT2D eigenvalue weighted by Gasteiger charge is 2.29. The van der Waals surface area contributed by atoms with Crippen molar-refractivity contribution in [2.75, 3.05) is 59.5 Å². The molecule has 0 aromatic heterocycles. The maximum atomic E-state index is 12.6. The second-order valence-corrected chi connectivity index (χ2v) is 8.27. The van der Waals surface area contributed by atoms with Gasteiger partial charge >= 0.3 is 5.97 Å². The first-order valence-corrected chi connectivity index (χ1v) is 10.7. The van der Waals surface area contributed by atoms with Crippen molar-refractivity contribution in [2.45, 2.75) is 25.8 Å². The van der Waals surface area contributed by atoms with Crippen LogP contribution in [0.3, 0.4) is 0 Å². The second-order valence-electron chi connectivity index (χ2n) is 8.27. The molecule has 3 heterocycles. The van der Waals surface area contributed by atoms with Gasteiger partial charge in [-0.05, 0) is 30.0 Å². The fraction of sp³-hybridized carbons (Fsp3) is 0.636. The van der Waals surface area contributed by atoms with Crippen LogP contribution in [0, 0.1) is 5.92 Å². The Morgan fingerprint density at radius 1 is 1.07 bits per heavy atom. The van der Waals surface area contributed by atoms with E-state index < -0.39 is 0 Å². The Hall–Kier alpha value is -2.12. The zero-order valence-corrected chi connectivity index (χ0v) is 17.3. The molecule has 1 aromatic carbocycles. The van der Waals surface area contributed by atoms with Gasteiger partial charge < -0.3 is 14.4 Å². The van der Waals surface area contributed by atoms with Crippen molar-refractivity contribution in [2.24, 2.45) is 5.92 Å². The van der Waals surface area contributed by atoms with Crippen LogP contribution in [0.25, 0.3) is 0 Å². The van der Waals surface area contributed by atoms with Gasteiger partial charge in [0.25, 0.3) is 0 Å². The number of carbonyl (C=O) groups excluding carboxylic acids is 2. The highest BCUT2D eigenvalue weighted by molar-refractivity contribution is 5.79. The summed E-state index contributed by atoms with van der Waals surface area (Å²) in [5.74, 6) is 1.01. The Balaban J connectivity index is 1.19. The summed E-state index contributed by atoms with van der Waals surface area (Å²) >= 11 is 0. The minimum absolute atomic E-state index is 0.0571. The molecule has 7 heteroatoms. The number of hydrogen-bond acceptors (Lipinski definition) is 6. The SMILES string of the molecule is COC(=O)C1CCN(C(=O)CN2CCN(Cc3ccc4c(c3)CCO4)CC2)CC1. The number of piperidine rings is 1. The van der Waals surface area contributed by atoms with Gasteiger partial charge in [-0.1, -0.05) is 12.1 Å². The zero-order valence-electron chi connectivity index (χ0n) is 17.3. The summed E-state index contributed by atoms with van der Waals surface area (Å²) in [5.41, 5.74) is 2.66. The van der Waals surface area contributed by atoms with Crippen molar-refractivity contribution in [3.05, 3.63) is 29.3 Å². The molecule has 1 amide bonds. The molecule has 0 spiro atoms. The summed E-state index contributed by atoms with van der Waals surface area (Å²) in [6.07, 6.45) is 2.42. The molecular formula is C22H31N3O4. The molecule has 2 fully saturated rings. The molecule has 0 saturated carbocycles. The lowest BCUT2D eigenvalue weighted by Crippen LogP contribution is -2.51. The van der Waals surface area contributed by atoms with Crippen molar-refractivity contribution < 1.29 is 19.1 Å². The van der Waals surface area contributed by atoms with E-state index in [2.05, 4.69) is 28.0 Å². The van der Waals surface area contributed by atoms with Crippen LogP contribution in [0.2, 0.25) is 0 Å². The van der Waals surface area contributed by atoms with E-state index in [1.165, 1.54) is 18.2 Å². The molecule has 0 unspecified atom stereocenters. The minimum Gasteiger partial charge on any atom is -0.493 e. The van der Waals surface area contributed by atoms with E-state index >= 15 is 0 Å². The van der Waals surface area contributed by atoms with Crippen molar-refractivity contribution in [1.29, 1.82) is 0 Å². The number of esters is 1. The van der Waals surface area contributed by atoms with Gasteiger partial charge in [0.05, 0.1) is 26.2 Å². The summed E-state index contributed by atoms with van der Waals surface area (Å²) in [5, 5.41) is 0. The van der Waals surface area contributed by atoms with Gasteiger partial charge in [-0.25, -0.2) is 0 Å². The van der Waals surface area contributed by atoms with Gasteiger partial charge in [0, 0.05) is 52.2 Å². The number of piperazine rings is 1. The highest BCUT2D eigenvalue weighted by Crippen LogP contribution is 2.26. The number of benzene rings is 1. The van der Waals surface area contributed by atoms with Crippen LogP contribution >= 0.6 is 0 Å². The predicted octanol–water partition coefficient (Wildman–Crippen LogP) is 1.15. The third kappa shape index (κ3) is 4.90. The van der Waals surface area contributed by atoms with Gasteiger partial charge in [-0.15, -0.1) is 0 Å². The first-order valence-electron chi connectivity index (χ1n) is 10.7. The van der Waals surface area contributed by atoms with Crippen LogP contribution in [0.15, 0.2) is 18.2 Å². The van der Waals surface area contributed by atoms with Gasteiger partial charge in [-0.2, -0.15) is 0 Å². The Labute approximate surface area is 172 Å². The standard InChI is InChI=1S/C22H31N3O4/c1-28-22(27)18-4-7-25(8-5-18)21(26)16-24-11-9-23(10-12-24)15-17-2-3-20-19(14-17)6-13-29-20/h2-3,14,18H,4-13,15-16H2,1H3. The largest absolute Gasteiger partial charge is 0.493 e. The van der Waals surface area contributed by atoms with Crippen LogP contribution < -0.4 is 4.74 Å². The maximum Gasteiger partial charge on any atom is 0.308 e. The molecule has 0 aliphatic carbocycles. The molecule has 0 N–H and O–H groups in total. The second kappa shape index (κ2) is 9.13. The number of fused-ring (bicyclic) bond motifs is 1. The Bertz CT molecular complexity index is 738. The summed E-state index contributed by atoms with van der Waals surface area (Å²) < 4.78 is 10.4. The number of amides is 1. The number of ether oxygens (including phenoxy) is 2. The number of hydrogen-bond donors (Lipinski definition) is 0. The minimum atomic E-state index is -0.149. The Morgan fingerprint density at radius 2 is 1.79 bits per heavy atom. The predicted molar refractivity (Wildman–Crippen MR) is 109 cm³/mol. The lowest BCUT2D eigenvalue weighted by Gasteiger charge is -2.36. The number of rotatable bonds is 5. The summed E-state index contributed by atoms with van der Waals surface area (Å²) in [6, 6.07) is 6.53. The normalized spacial score (nSPS) is 20.9. The molecule has 1 aromatic rings. The molecule has 158 valence electrons. The van der Waals surface area contributed by atoms with Crippen molar-refractivity contribution >= 4 is 11.9 Å². The van der Waals surface area contributed by atoms with Crippen LogP contribution in [0.1, 0.15) is 24.0 Å². The fourth-order valence-corrected chi connectivity index (χ4v) is 4.52. The number of likely N-dealkylation sites (tertiary alicyclic amines) is 1. The first-order chi connectivity index (χ1) is 14.1. The molecule has 4 rings (SSSR count). The van der Waals surface area contributed by atoms with Crippen molar-refractivity contribution in [3.63, 3.8) is 0 Å². The zero-order chi connectivity index (χ0) is 20.2. The number of carbonyl (C=O) groups is 2. The molecule has 3 aliphatic rings. The van der Waals surface area contributed by atoms with Gasteiger partial charge in [0.1, 0.15) is 5.75 Å². The average Bonchev–Trinajstić information content (AvgIpc) is 3.22. The molecular weight excluding hydrogens is 370 g/mol. The van der Waals surface area contributed by atoms with E-state index in [1.807, 2.05) is 4.90 Å². The van der Waals surface area contributed by atoms with Crippen LogP contribution in [-0.4, -0.2) is 86.1 Å². The Morgan fingerprint density at radius 3 is 2.52 bits per heavy atom. The monoisotopic (exact) mass is 401 g/mol. The Kier molecular flexibility index (Phi) is 6.35. The van der Waals surface area contributed by atoms with E-state index in [4.69, 9.17) is 9.47 Å². The van der Waals surface area contributed by atoms with Crippen molar-refractivity contribution in [3.8, 4) is 5.75 Å². The topological polar surface area (TPSA) is 62.3 Å². The lowest BCUT2D eigenvalue weighted by molar-refractivity contribution is -0.149. The molecule has 2 saturated heterocycles. The third-order valence-corrected chi connectivity index (χ3v) is 6.37. The van der Waals surface area contributed by atoms with Crippen LogP contribution in [0.4, 0.5) is 0 Å². The van der Waals surface area contributed by atoms with Crippen molar-refractivity contribution in [1.82, 2.24) is 14.7 Å². The summed E-state index contributed by atoms with van der Waals surface area (Å²) in [6.45, 7) is 7.32. The van der Waals surface area contributed by atoms with E-state index in [0.29, 0.717) is 32.5 Å². The third-order valence-electron chi connectivity index (χ3n) is 6.37. The number of nitrogens with zero attached hydrogens (tertiary/aromatic N) is 3. The maximum absolute atomic E-state index is 12.6. The molecule has 3 aliphatic heterocycles. The van der Waals surface area contributed by atoms with E-state index in [1.54, 1.807) is 0 Å². The van der Waals surface area contributed by atoms with Gasteiger partial charge in [-0.3, -0.25) is 19.4 Å².